The van der Waals surface area contributed by atoms with Gasteiger partial charge in [-0.2, -0.15) is 4.31 Å². The van der Waals surface area contributed by atoms with E-state index in [4.69, 9.17) is 10.5 Å². The molecule has 1 fully saturated rings. The van der Waals surface area contributed by atoms with Gasteiger partial charge in [0.2, 0.25) is 10.0 Å². The summed E-state index contributed by atoms with van der Waals surface area (Å²) in [6.07, 6.45) is 5.85. The number of piperidine rings is 1. The molecule has 0 bridgehead atoms. The molecule has 1 aromatic carbocycles. The third-order valence-electron chi connectivity index (χ3n) is 5.15. The number of nitrogens with zero attached hydrogens (tertiary/aromatic N) is 1. The van der Waals surface area contributed by atoms with Crippen molar-refractivity contribution in [2.45, 2.75) is 55.6 Å². The van der Waals surface area contributed by atoms with Crippen LogP contribution < -0.4 is 5.73 Å². The van der Waals surface area contributed by atoms with E-state index in [1.807, 2.05) is 12.1 Å². The van der Waals surface area contributed by atoms with Crippen LogP contribution >= 0.6 is 0 Å². The summed E-state index contributed by atoms with van der Waals surface area (Å²) in [6.45, 7) is 0.795. The highest BCUT2D eigenvalue weighted by Crippen LogP contribution is 2.29. The Kier molecular flexibility index (Phi) is 5.06. The van der Waals surface area contributed by atoms with Gasteiger partial charge >= 0.3 is 0 Å². The number of methoxy groups -OCH3 is 1. The monoisotopic (exact) mass is 338 g/mol. The lowest BCUT2D eigenvalue weighted by molar-refractivity contribution is 0.0401. The molecule has 2 atom stereocenters. The average Bonchev–Trinajstić information content (AvgIpc) is 2.60. The Bertz CT molecular complexity index is 660. The first kappa shape index (κ1) is 16.9. The average molecular weight is 338 g/mol. The number of rotatable bonds is 4. The Hall–Kier alpha value is -0.950. The minimum Gasteiger partial charge on any atom is -0.381 e. The van der Waals surface area contributed by atoms with Gasteiger partial charge in [-0.25, -0.2) is 8.42 Å². The zero-order valence-electron chi connectivity index (χ0n) is 13.7. The largest absolute Gasteiger partial charge is 0.381 e. The highest BCUT2D eigenvalue weighted by atomic mass is 32.2. The van der Waals surface area contributed by atoms with E-state index in [1.54, 1.807) is 17.5 Å². The van der Waals surface area contributed by atoms with E-state index in [9.17, 15) is 8.42 Å². The summed E-state index contributed by atoms with van der Waals surface area (Å²) in [5, 5.41) is 0. The number of aryl methyl sites for hydroxylation is 2. The minimum absolute atomic E-state index is 0.0959. The van der Waals surface area contributed by atoms with Crippen LogP contribution in [0.5, 0.6) is 0 Å². The molecule has 2 N–H and O–H groups in total. The van der Waals surface area contributed by atoms with Crippen molar-refractivity contribution in [3.05, 3.63) is 29.3 Å². The third-order valence-corrected chi connectivity index (χ3v) is 7.09. The van der Waals surface area contributed by atoms with Crippen molar-refractivity contribution in [3.63, 3.8) is 0 Å². The molecule has 1 aliphatic carbocycles. The summed E-state index contributed by atoms with van der Waals surface area (Å²) in [5.74, 6) is 0. The topological polar surface area (TPSA) is 72.6 Å². The normalized spacial score (nSPS) is 26.0. The first-order chi connectivity index (χ1) is 11.1. The lowest BCUT2D eigenvalue weighted by atomic mass is 9.92. The van der Waals surface area contributed by atoms with Gasteiger partial charge in [-0.05, 0) is 61.8 Å². The fraction of sp³-hybridized carbons (Fsp3) is 0.647. The first-order valence-corrected chi connectivity index (χ1v) is 9.86. The van der Waals surface area contributed by atoms with E-state index in [0.29, 0.717) is 24.4 Å². The summed E-state index contributed by atoms with van der Waals surface area (Å²) in [6, 6.07) is 5.44. The smallest absolute Gasteiger partial charge is 0.243 e. The molecule has 6 heteroatoms. The first-order valence-electron chi connectivity index (χ1n) is 8.42. The van der Waals surface area contributed by atoms with E-state index in [0.717, 1.165) is 25.7 Å². The van der Waals surface area contributed by atoms with Crippen LogP contribution in [0, 0.1) is 0 Å². The molecule has 0 aromatic heterocycles. The summed E-state index contributed by atoms with van der Waals surface area (Å²) in [7, 11) is -1.82. The number of ether oxygens (including phenoxy) is 1. The molecule has 0 amide bonds. The molecule has 5 nitrogen and oxygen atoms in total. The maximum atomic E-state index is 13.1. The second-order valence-corrected chi connectivity index (χ2v) is 8.42. The predicted octanol–water partition coefficient (Wildman–Crippen LogP) is 1.69. The van der Waals surface area contributed by atoms with Crippen LogP contribution in [0.4, 0.5) is 0 Å². The summed E-state index contributed by atoms with van der Waals surface area (Å²) in [4.78, 5) is 0.410. The van der Waals surface area contributed by atoms with E-state index >= 15 is 0 Å². The quantitative estimate of drug-likeness (QED) is 0.907. The van der Waals surface area contributed by atoms with Crippen LogP contribution in [0.25, 0.3) is 0 Å². The highest BCUT2D eigenvalue weighted by molar-refractivity contribution is 7.89. The van der Waals surface area contributed by atoms with Gasteiger partial charge in [-0.3, -0.25) is 0 Å². The number of hydrogen-bond donors (Lipinski definition) is 1. The Labute approximate surface area is 138 Å². The summed E-state index contributed by atoms with van der Waals surface area (Å²) >= 11 is 0. The standard InChI is InChI=1S/C17H26N2O3S/c1-22-16-8-9-19(15(11-16)12-18)23(20,21)17-7-6-13-4-2-3-5-14(13)10-17/h6-7,10,15-16H,2-5,8-9,11-12,18H2,1H3. The van der Waals surface area contributed by atoms with E-state index < -0.39 is 10.0 Å². The van der Waals surface area contributed by atoms with E-state index in [1.165, 1.54) is 17.5 Å². The third kappa shape index (κ3) is 3.31. The Morgan fingerprint density at radius 1 is 1.26 bits per heavy atom. The highest BCUT2D eigenvalue weighted by Gasteiger charge is 2.36. The van der Waals surface area contributed by atoms with Gasteiger partial charge in [0.25, 0.3) is 0 Å². The molecule has 23 heavy (non-hydrogen) atoms. The number of nitrogens with two attached hydrogens (primary N) is 1. The fourth-order valence-electron chi connectivity index (χ4n) is 3.74. The van der Waals surface area contributed by atoms with Crippen molar-refractivity contribution in [1.82, 2.24) is 4.31 Å². The maximum absolute atomic E-state index is 13.1. The second kappa shape index (κ2) is 6.89. The molecule has 2 aliphatic rings. The molecule has 1 aliphatic heterocycles. The van der Waals surface area contributed by atoms with Crippen LogP contribution in [-0.2, 0) is 27.6 Å². The van der Waals surface area contributed by atoms with Crippen molar-refractivity contribution < 1.29 is 13.2 Å². The Morgan fingerprint density at radius 3 is 2.70 bits per heavy atom. The lowest BCUT2D eigenvalue weighted by Crippen LogP contribution is -2.51. The zero-order valence-corrected chi connectivity index (χ0v) is 14.5. The SMILES string of the molecule is COC1CCN(S(=O)(=O)c2ccc3c(c2)CCCC3)C(CN)C1. The van der Waals surface area contributed by atoms with E-state index in [-0.39, 0.29) is 12.1 Å². The van der Waals surface area contributed by atoms with Crippen molar-refractivity contribution in [2.75, 3.05) is 20.2 Å². The van der Waals surface area contributed by atoms with Gasteiger partial charge in [0.05, 0.1) is 11.0 Å². The van der Waals surface area contributed by atoms with Gasteiger partial charge in [0, 0.05) is 26.2 Å². The molecule has 0 radical (unpaired) electrons. The summed E-state index contributed by atoms with van der Waals surface area (Å²) in [5.41, 5.74) is 8.32. The van der Waals surface area contributed by atoms with Crippen molar-refractivity contribution in [1.29, 1.82) is 0 Å². The van der Waals surface area contributed by atoms with Crippen LogP contribution in [0.2, 0.25) is 0 Å². The molecule has 1 heterocycles. The summed E-state index contributed by atoms with van der Waals surface area (Å²) < 4.78 is 33.1. The number of sulfonamides is 1. The molecular formula is C17H26N2O3S. The molecule has 0 saturated carbocycles. The molecule has 128 valence electrons. The number of fused-ring (bicyclic) bond motifs is 1. The Balaban J connectivity index is 1.88. The van der Waals surface area contributed by atoms with Crippen molar-refractivity contribution in [3.8, 4) is 0 Å². The molecule has 0 spiro atoms. The second-order valence-electron chi connectivity index (χ2n) is 6.52. The van der Waals surface area contributed by atoms with Gasteiger partial charge < -0.3 is 10.5 Å². The van der Waals surface area contributed by atoms with Crippen LogP contribution in [0.1, 0.15) is 36.8 Å². The predicted molar refractivity (Wildman–Crippen MR) is 89.8 cm³/mol. The minimum atomic E-state index is -3.49. The van der Waals surface area contributed by atoms with E-state index in [2.05, 4.69) is 0 Å². The lowest BCUT2D eigenvalue weighted by Gasteiger charge is -2.37. The molecule has 2 unspecified atom stereocenters. The van der Waals surface area contributed by atoms with Gasteiger partial charge in [0.1, 0.15) is 0 Å². The number of hydrogen-bond acceptors (Lipinski definition) is 4. The molecule has 1 saturated heterocycles. The Morgan fingerprint density at radius 2 is 2.00 bits per heavy atom. The maximum Gasteiger partial charge on any atom is 0.243 e. The van der Waals surface area contributed by atoms with Crippen molar-refractivity contribution in [2.24, 2.45) is 5.73 Å². The fourth-order valence-corrected chi connectivity index (χ4v) is 5.46. The van der Waals surface area contributed by atoms with Crippen LogP contribution in [0.15, 0.2) is 23.1 Å². The van der Waals surface area contributed by atoms with Gasteiger partial charge in [-0.15, -0.1) is 0 Å². The zero-order chi connectivity index (χ0) is 16.4. The van der Waals surface area contributed by atoms with Gasteiger partial charge in [0.15, 0.2) is 0 Å². The van der Waals surface area contributed by atoms with Crippen LogP contribution in [-0.4, -0.2) is 45.1 Å². The molecular weight excluding hydrogens is 312 g/mol. The van der Waals surface area contributed by atoms with Gasteiger partial charge in [-0.1, -0.05) is 6.07 Å². The number of benzene rings is 1. The van der Waals surface area contributed by atoms with Crippen LogP contribution in [0.3, 0.4) is 0 Å². The molecule has 1 aromatic rings. The van der Waals surface area contributed by atoms with Crippen molar-refractivity contribution >= 4 is 10.0 Å². The molecule has 3 rings (SSSR count).